The minimum Gasteiger partial charge on any atom is -0.494 e. The van der Waals surface area contributed by atoms with E-state index in [1.807, 2.05) is 36.1 Å². The van der Waals surface area contributed by atoms with Crippen molar-refractivity contribution >= 4 is 35.2 Å². The molecular weight excluding hydrogens is 604 g/mol. The Hall–Kier alpha value is -2.86. The number of aliphatic hydroxyl groups is 1. The summed E-state index contributed by atoms with van der Waals surface area (Å²) >= 11 is 1.69. The number of unbranched alkanes of at least 4 members (excludes halogenated alkanes) is 1. The monoisotopic (exact) mass is 654 g/mol. The number of likely N-dealkylation sites (tertiary alicyclic amines) is 1. The number of rotatable bonds is 16. The van der Waals surface area contributed by atoms with Crippen LogP contribution in [0.3, 0.4) is 0 Å². The highest BCUT2D eigenvalue weighted by atomic mass is 32.2. The van der Waals surface area contributed by atoms with Crippen molar-refractivity contribution < 1.29 is 29.0 Å². The first kappa shape index (κ1) is 34.5. The number of thioether (sulfide) groups is 1. The molecular formula is C35H50N4O6S. The fraction of sp³-hybridized carbons (Fsp3) is 0.629. The maximum Gasteiger partial charge on any atom is 0.247 e. The lowest BCUT2D eigenvalue weighted by atomic mass is 9.66. The molecule has 1 aromatic carbocycles. The van der Waals surface area contributed by atoms with Gasteiger partial charge >= 0.3 is 0 Å². The highest BCUT2D eigenvalue weighted by Crippen LogP contribution is 2.71. The molecule has 1 aromatic rings. The van der Waals surface area contributed by atoms with Gasteiger partial charge in [-0.15, -0.1) is 24.9 Å². The normalized spacial score (nSPS) is 28.6. The third kappa shape index (κ3) is 6.48. The van der Waals surface area contributed by atoms with E-state index in [4.69, 9.17) is 9.47 Å². The van der Waals surface area contributed by atoms with Crippen molar-refractivity contribution in [2.75, 3.05) is 77.1 Å². The molecule has 0 saturated carbocycles. The first-order valence-corrected chi connectivity index (χ1v) is 17.5. The molecule has 1 spiro atoms. The third-order valence-electron chi connectivity index (χ3n) is 10.1. The van der Waals surface area contributed by atoms with Gasteiger partial charge in [0.05, 0.1) is 36.4 Å². The first-order valence-electron chi connectivity index (χ1n) is 16.7. The van der Waals surface area contributed by atoms with Crippen molar-refractivity contribution in [3.8, 4) is 5.75 Å². The minimum atomic E-state index is -0.709. The molecule has 2 bridgehead atoms. The molecule has 4 aliphatic heterocycles. The Morgan fingerprint density at radius 2 is 1.80 bits per heavy atom. The summed E-state index contributed by atoms with van der Waals surface area (Å²) in [5.74, 6) is -0.800. The van der Waals surface area contributed by atoms with Crippen LogP contribution in [0.5, 0.6) is 5.75 Å². The SMILES string of the molecule is C=CCN(CCN1CCOCC1)C(=O)C1N(CCCCO)C(=O)[C@@H]2[C@H](C(=O)N(CC=C)c3ccc(OCC)cc3)[C@]3(C)CCC12S3. The number of morpholine rings is 1. The molecule has 10 nitrogen and oxygen atoms in total. The molecule has 0 aliphatic carbocycles. The number of aliphatic hydroxyl groups excluding tert-OH is 1. The summed E-state index contributed by atoms with van der Waals surface area (Å²) in [5, 5.41) is 9.54. The van der Waals surface area contributed by atoms with Crippen molar-refractivity contribution in [3.05, 3.63) is 49.6 Å². The van der Waals surface area contributed by atoms with Gasteiger partial charge in [-0.3, -0.25) is 19.3 Å². The van der Waals surface area contributed by atoms with Crippen LogP contribution in [0, 0.1) is 11.8 Å². The van der Waals surface area contributed by atoms with Crippen LogP contribution < -0.4 is 9.64 Å². The Labute approximate surface area is 277 Å². The average molecular weight is 655 g/mol. The van der Waals surface area contributed by atoms with E-state index in [1.54, 1.807) is 33.7 Å². The largest absolute Gasteiger partial charge is 0.494 e. The van der Waals surface area contributed by atoms with Crippen molar-refractivity contribution in [2.24, 2.45) is 11.8 Å². The van der Waals surface area contributed by atoms with E-state index < -0.39 is 27.4 Å². The molecule has 11 heteroatoms. The summed E-state index contributed by atoms with van der Waals surface area (Å²) in [6.07, 6.45) is 6.01. The highest BCUT2D eigenvalue weighted by Gasteiger charge is 2.77. The van der Waals surface area contributed by atoms with Gasteiger partial charge in [0.2, 0.25) is 17.7 Å². The second-order valence-corrected chi connectivity index (χ2v) is 14.8. The lowest BCUT2D eigenvalue weighted by Crippen LogP contribution is -2.56. The number of nitrogens with zero attached hydrogens (tertiary/aromatic N) is 4. The van der Waals surface area contributed by atoms with Gasteiger partial charge in [0.25, 0.3) is 0 Å². The summed E-state index contributed by atoms with van der Waals surface area (Å²) in [4.78, 5) is 51.6. The molecule has 252 valence electrons. The number of fused-ring (bicyclic) bond motifs is 1. The van der Waals surface area contributed by atoms with Crippen LogP contribution in [0.1, 0.15) is 39.5 Å². The van der Waals surface area contributed by atoms with Crippen molar-refractivity contribution in [3.63, 3.8) is 0 Å². The number of ether oxygens (including phenoxy) is 2. The molecule has 4 fully saturated rings. The lowest BCUT2D eigenvalue weighted by molar-refractivity contribution is -0.143. The van der Waals surface area contributed by atoms with Crippen molar-refractivity contribution in [2.45, 2.75) is 55.1 Å². The molecule has 4 heterocycles. The molecule has 3 amide bonds. The number of benzene rings is 1. The molecule has 0 aromatic heterocycles. The Balaban J connectivity index is 1.47. The van der Waals surface area contributed by atoms with E-state index in [2.05, 4.69) is 25.0 Å². The maximum atomic E-state index is 14.7. The van der Waals surface area contributed by atoms with E-state index in [1.165, 1.54) is 0 Å². The number of carbonyl (C=O) groups is 3. The summed E-state index contributed by atoms with van der Waals surface area (Å²) < 4.78 is 9.92. The highest BCUT2D eigenvalue weighted by molar-refractivity contribution is 8.02. The molecule has 2 unspecified atom stereocenters. The van der Waals surface area contributed by atoms with E-state index >= 15 is 0 Å². The lowest BCUT2D eigenvalue weighted by Gasteiger charge is -2.38. The molecule has 5 atom stereocenters. The van der Waals surface area contributed by atoms with Gasteiger partial charge in [0, 0.05) is 62.9 Å². The molecule has 1 N–H and O–H groups in total. The minimum absolute atomic E-state index is 0.0177. The Morgan fingerprint density at radius 3 is 2.46 bits per heavy atom. The van der Waals surface area contributed by atoms with Crippen LogP contribution in [-0.2, 0) is 19.1 Å². The molecule has 4 saturated heterocycles. The summed E-state index contributed by atoms with van der Waals surface area (Å²) in [6.45, 7) is 17.7. The second kappa shape index (κ2) is 14.9. The Bertz CT molecular complexity index is 1270. The van der Waals surface area contributed by atoms with E-state index in [0.717, 1.165) is 37.5 Å². The van der Waals surface area contributed by atoms with Crippen LogP contribution in [0.4, 0.5) is 5.69 Å². The van der Waals surface area contributed by atoms with Gasteiger partial charge in [0.15, 0.2) is 0 Å². The second-order valence-electron chi connectivity index (χ2n) is 12.9. The van der Waals surface area contributed by atoms with Crippen LogP contribution in [0.25, 0.3) is 0 Å². The number of amides is 3. The standard InChI is InChI=1S/C35H50N4O6S/c1-5-16-37(20-19-36-21-24-44-25-22-36)33(43)30-35-15-14-34(4,46-35)28(29(35)32(42)39(30)18-8-9-23-40)31(41)38(17-6-2)26-10-12-27(13-11-26)45-7-3/h5-6,10-13,28-30,40H,1-2,7-9,14-25H2,3-4H3/t28-,29+,30?,34+,35?/m1/s1. The van der Waals surface area contributed by atoms with Crippen LogP contribution in [0.2, 0.25) is 0 Å². The van der Waals surface area contributed by atoms with E-state index in [0.29, 0.717) is 65.3 Å². The van der Waals surface area contributed by atoms with Gasteiger partial charge in [-0.1, -0.05) is 12.2 Å². The zero-order valence-corrected chi connectivity index (χ0v) is 28.2. The smallest absolute Gasteiger partial charge is 0.247 e. The maximum absolute atomic E-state index is 14.7. The van der Waals surface area contributed by atoms with Gasteiger partial charge < -0.3 is 29.3 Å². The van der Waals surface area contributed by atoms with Crippen molar-refractivity contribution in [1.82, 2.24) is 14.7 Å². The van der Waals surface area contributed by atoms with E-state index in [-0.39, 0.29) is 24.3 Å². The summed E-state index contributed by atoms with van der Waals surface area (Å²) in [5.41, 5.74) is 0.719. The Morgan fingerprint density at radius 1 is 1.09 bits per heavy atom. The predicted octanol–water partition coefficient (Wildman–Crippen LogP) is 3.20. The fourth-order valence-corrected chi connectivity index (χ4v) is 10.3. The number of anilines is 1. The van der Waals surface area contributed by atoms with Gasteiger partial charge in [0.1, 0.15) is 11.8 Å². The zero-order chi connectivity index (χ0) is 32.9. The summed E-state index contributed by atoms with van der Waals surface area (Å²) in [7, 11) is 0. The predicted molar refractivity (Wildman–Crippen MR) is 181 cm³/mol. The summed E-state index contributed by atoms with van der Waals surface area (Å²) in [6, 6.07) is 6.76. The van der Waals surface area contributed by atoms with Crippen LogP contribution >= 0.6 is 11.8 Å². The fourth-order valence-electron chi connectivity index (χ4n) is 7.93. The zero-order valence-electron chi connectivity index (χ0n) is 27.4. The average Bonchev–Trinajstić information content (AvgIpc) is 3.63. The van der Waals surface area contributed by atoms with Crippen molar-refractivity contribution in [1.29, 1.82) is 0 Å². The first-order chi connectivity index (χ1) is 22.2. The number of hydrogen-bond acceptors (Lipinski definition) is 8. The quantitative estimate of drug-likeness (QED) is 0.214. The number of hydrogen-bond donors (Lipinski definition) is 1. The molecule has 0 radical (unpaired) electrons. The van der Waals surface area contributed by atoms with Gasteiger partial charge in [-0.05, 0) is 63.8 Å². The molecule has 5 rings (SSSR count). The van der Waals surface area contributed by atoms with Gasteiger partial charge in [-0.25, -0.2) is 0 Å². The topological polar surface area (TPSA) is 103 Å². The number of carbonyl (C=O) groups excluding carboxylic acids is 3. The molecule has 46 heavy (non-hydrogen) atoms. The molecule has 4 aliphatic rings. The Kier molecular flexibility index (Phi) is 11.2. The third-order valence-corrected chi connectivity index (χ3v) is 12.1. The van der Waals surface area contributed by atoms with E-state index in [9.17, 15) is 19.5 Å². The van der Waals surface area contributed by atoms with Crippen LogP contribution in [0.15, 0.2) is 49.6 Å². The van der Waals surface area contributed by atoms with Crippen LogP contribution in [-0.4, -0.2) is 125 Å². The van der Waals surface area contributed by atoms with Gasteiger partial charge in [-0.2, -0.15) is 0 Å².